The van der Waals surface area contributed by atoms with Crippen LogP contribution < -0.4 is 34.9 Å². The van der Waals surface area contributed by atoms with E-state index in [4.69, 9.17) is 30.8 Å². The molecule has 0 heterocycles. The van der Waals surface area contributed by atoms with Gasteiger partial charge in [0.1, 0.15) is 0 Å². The van der Waals surface area contributed by atoms with Crippen molar-refractivity contribution in [1.29, 1.82) is 0 Å². The van der Waals surface area contributed by atoms with Crippen molar-refractivity contribution in [2.75, 3.05) is 5.32 Å². The molecule has 0 aliphatic rings. The second-order valence-corrected chi connectivity index (χ2v) is 6.65. The molecule has 1 amide bonds. The standard InChI is InChI=1S/C15H7ClF6NO.Na.H3O4P/c16-11-3-1-2-8(4-11)13(24)23-12-6-9(14(17,18)19)5-10(7-12)15(20,21)22;;1-5(2,3)4/h1,3-7H,(H,23,24);;(H3,1,2,3,4)/q-1;+1;. The molecule has 0 fully saturated rings. The summed E-state index contributed by atoms with van der Waals surface area (Å²) in [5.41, 5.74) is -3.82. The number of nitrogens with one attached hydrogen (secondary N) is 1. The maximum Gasteiger partial charge on any atom is 1.00 e. The Balaban J connectivity index is 0.00000125. The van der Waals surface area contributed by atoms with Crippen LogP contribution in [0.15, 0.2) is 36.4 Å². The molecule has 0 saturated carbocycles. The van der Waals surface area contributed by atoms with E-state index in [9.17, 15) is 31.1 Å². The predicted octanol–water partition coefficient (Wildman–Crippen LogP) is 1.51. The van der Waals surface area contributed by atoms with Gasteiger partial charge in [0.25, 0.3) is 0 Å². The second kappa shape index (κ2) is 11.0. The summed E-state index contributed by atoms with van der Waals surface area (Å²) in [5.74, 6) is -0.940. The van der Waals surface area contributed by atoms with Gasteiger partial charge in [0, 0.05) is 5.69 Å². The van der Waals surface area contributed by atoms with Gasteiger partial charge in [0.15, 0.2) is 5.91 Å². The number of alkyl halides is 6. The van der Waals surface area contributed by atoms with Gasteiger partial charge in [-0.15, -0.1) is 35.9 Å². The molecule has 30 heavy (non-hydrogen) atoms. The van der Waals surface area contributed by atoms with Gasteiger partial charge >= 0.3 is 49.7 Å². The van der Waals surface area contributed by atoms with Crippen molar-refractivity contribution < 1.29 is 79.9 Å². The van der Waals surface area contributed by atoms with Crippen LogP contribution in [-0.4, -0.2) is 20.6 Å². The molecule has 0 atom stereocenters. The van der Waals surface area contributed by atoms with Crippen molar-refractivity contribution in [3.05, 3.63) is 64.2 Å². The van der Waals surface area contributed by atoms with Gasteiger partial charge in [-0.05, 0) is 23.2 Å². The summed E-state index contributed by atoms with van der Waals surface area (Å²) in [6.45, 7) is 0. The zero-order valence-corrected chi connectivity index (χ0v) is 18.4. The van der Waals surface area contributed by atoms with E-state index in [2.05, 4.69) is 6.07 Å². The Morgan fingerprint density at radius 3 is 1.77 bits per heavy atom. The van der Waals surface area contributed by atoms with E-state index in [1.807, 2.05) is 5.32 Å². The summed E-state index contributed by atoms with van der Waals surface area (Å²) in [7, 11) is -4.64. The van der Waals surface area contributed by atoms with Crippen molar-refractivity contribution >= 4 is 31.0 Å². The minimum Gasteiger partial charge on any atom is -0.362 e. The number of halogens is 7. The average Bonchev–Trinajstić information content (AvgIpc) is 2.51. The maximum atomic E-state index is 12.7. The van der Waals surface area contributed by atoms with Gasteiger partial charge in [-0.3, -0.25) is 0 Å². The van der Waals surface area contributed by atoms with Gasteiger partial charge in [-0.2, -0.15) is 26.3 Å². The van der Waals surface area contributed by atoms with E-state index in [-0.39, 0.29) is 46.2 Å². The Morgan fingerprint density at radius 1 is 0.967 bits per heavy atom. The minimum atomic E-state index is -5.00. The number of rotatable bonds is 2. The number of carbonyl (C=O) groups is 1. The van der Waals surface area contributed by atoms with Gasteiger partial charge in [-0.25, -0.2) is 4.57 Å². The largest absolute Gasteiger partial charge is 1.00 e. The first-order valence-electron chi connectivity index (χ1n) is 7.03. The van der Waals surface area contributed by atoms with Crippen molar-refractivity contribution in [2.24, 2.45) is 0 Å². The van der Waals surface area contributed by atoms with E-state index >= 15 is 0 Å². The Labute approximate surface area is 192 Å². The van der Waals surface area contributed by atoms with E-state index < -0.39 is 42.9 Å². The molecule has 2 aromatic carbocycles. The summed E-state index contributed by atoms with van der Waals surface area (Å²) in [5, 5.41) is 2.15. The maximum absolute atomic E-state index is 12.7. The summed E-state index contributed by atoms with van der Waals surface area (Å²) < 4.78 is 85.4. The molecular formula is C15H10ClF6NNaO5P. The Hall–Kier alpha value is -1.11. The van der Waals surface area contributed by atoms with Crippen LogP contribution in [0.3, 0.4) is 0 Å². The third kappa shape index (κ3) is 10.8. The fourth-order valence-corrected chi connectivity index (χ4v) is 1.97. The Bertz CT molecular complexity index is 894. The number of hydrogen-bond donors (Lipinski definition) is 4. The molecule has 0 aromatic heterocycles. The molecule has 0 bridgehead atoms. The molecule has 0 aliphatic carbocycles. The van der Waals surface area contributed by atoms with Crippen LogP contribution in [0.25, 0.3) is 0 Å². The fraction of sp³-hybridized carbons (Fsp3) is 0.133. The van der Waals surface area contributed by atoms with E-state index in [1.165, 1.54) is 18.2 Å². The minimum absolute atomic E-state index is 0. The molecule has 15 heteroatoms. The molecule has 0 spiro atoms. The number of hydrogen-bond acceptors (Lipinski definition) is 2. The van der Waals surface area contributed by atoms with E-state index in [0.717, 1.165) is 0 Å². The summed E-state index contributed by atoms with van der Waals surface area (Å²) in [6.07, 6.45) is -9.99. The summed E-state index contributed by atoms with van der Waals surface area (Å²) in [4.78, 5) is 33.5. The predicted molar refractivity (Wildman–Crippen MR) is 89.0 cm³/mol. The quantitative estimate of drug-likeness (QED) is 0.222. The smallest absolute Gasteiger partial charge is 0.362 e. The molecule has 6 nitrogen and oxygen atoms in total. The number of benzene rings is 2. The normalized spacial score (nSPS) is 11.7. The molecule has 160 valence electrons. The van der Waals surface area contributed by atoms with Crippen LogP contribution in [0.5, 0.6) is 0 Å². The summed E-state index contributed by atoms with van der Waals surface area (Å²) >= 11 is 5.66. The van der Waals surface area contributed by atoms with Crippen LogP contribution in [0.4, 0.5) is 32.0 Å². The van der Waals surface area contributed by atoms with Crippen LogP contribution in [0.1, 0.15) is 21.5 Å². The Morgan fingerprint density at radius 2 is 1.40 bits per heavy atom. The van der Waals surface area contributed by atoms with Crippen LogP contribution >= 0.6 is 19.4 Å². The van der Waals surface area contributed by atoms with Crippen LogP contribution in [-0.2, 0) is 16.9 Å². The molecule has 2 aromatic rings. The molecule has 0 saturated heterocycles. The van der Waals surface area contributed by atoms with Crippen molar-refractivity contribution in [3.63, 3.8) is 0 Å². The number of carbonyl (C=O) groups excluding carboxylic acids is 1. The Kier molecular flexibility index (Phi) is 10.6. The van der Waals surface area contributed by atoms with Crippen LogP contribution in [0.2, 0.25) is 5.02 Å². The fourth-order valence-electron chi connectivity index (χ4n) is 1.80. The zero-order chi connectivity index (χ0) is 22.6. The van der Waals surface area contributed by atoms with Crippen molar-refractivity contribution in [1.82, 2.24) is 0 Å². The van der Waals surface area contributed by atoms with Gasteiger partial charge in [0.2, 0.25) is 0 Å². The van der Waals surface area contributed by atoms with Gasteiger partial charge < -0.3 is 24.8 Å². The van der Waals surface area contributed by atoms with Gasteiger partial charge in [-0.1, -0.05) is 5.56 Å². The topological polar surface area (TPSA) is 107 Å². The summed E-state index contributed by atoms with van der Waals surface area (Å²) in [6, 6.07) is 7.16. The molecule has 0 unspecified atom stereocenters. The van der Waals surface area contributed by atoms with Crippen LogP contribution in [0, 0.1) is 6.07 Å². The zero-order valence-electron chi connectivity index (χ0n) is 14.7. The first-order chi connectivity index (χ1) is 13.0. The van der Waals surface area contributed by atoms with Gasteiger partial charge in [0.05, 0.1) is 11.1 Å². The molecule has 2 rings (SSSR count). The molecule has 0 radical (unpaired) electrons. The SMILES string of the molecule is O=C(Nc1cc(C(F)(F)F)cc(C(F)(F)F)c1)c1[c-]ccc(Cl)c1.O=P(O)(O)O.[Na+]. The first kappa shape index (κ1) is 28.9. The van der Waals surface area contributed by atoms with E-state index in [0.29, 0.717) is 12.1 Å². The van der Waals surface area contributed by atoms with Crippen molar-refractivity contribution in [2.45, 2.75) is 12.4 Å². The third-order valence-corrected chi connectivity index (χ3v) is 3.09. The van der Waals surface area contributed by atoms with E-state index in [1.54, 1.807) is 0 Å². The van der Waals surface area contributed by atoms with Crippen molar-refractivity contribution in [3.8, 4) is 0 Å². The first-order valence-corrected chi connectivity index (χ1v) is 8.97. The second-order valence-electron chi connectivity index (χ2n) is 5.18. The third-order valence-electron chi connectivity index (χ3n) is 2.85. The molecule has 0 aliphatic heterocycles. The monoisotopic (exact) mass is 487 g/mol. The molecular weight excluding hydrogens is 478 g/mol. The number of amides is 1. The average molecular weight is 488 g/mol. The number of phosphoric acid groups is 1. The molecule has 4 N–H and O–H groups in total. The number of anilines is 1.